The van der Waals surface area contributed by atoms with Crippen LogP contribution >= 0.6 is 11.6 Å². The molecule has 0 radical (unpaired) electrons. The molecule has 0 bridgehead atoms. The Hall–Kier alpha value is -3.06. The molecule has 31 heavy (non-hydrogen) atoms. The van der Waals surface area contributed by atoms with E-state index in [-0.39, 0.29) is 0 Å². The van der Waals surface area contributed by atoms with E-state index in [1.54, 1.807) is 0 Å². The van der Waals surface area contributed by atoms with Gasteiger partial charge in [-0.05, 0) is 73.8 Å². The van der Waals surface area contributed by atoms with Crippen LogP contribution in [-0.2, 0) is 6.54 Å². The van der Waals surface area contributed by atoms with Crippen LogP contribution < -0.4 is 0 Å². The number of likely N-dealkylation sites (N-methyl/N-ethyl adjacent to an activating group) is 1. The molecule has 1 aliphatic rings. The minimum atomic E-state index is 0.733. The van der Waals surface area contributed by atoms with Crippen molar-refractivity contribution in [2.75, 3.05) is 13.6 Å². The number of nitrogens with zero attached hydrogens (tertiary/aromatic N) is 3. The Kier molecular flexibility index (Phi) is 5.51. The molecule has 2 heterocycles. The van der Waals surface area contributed by atoms with Gasteiger partial charge in [-0.3, -0.25) is 0 Å². The third kappa shape index (κ3) is 4.66. The highest BCUT2D eigenvalue weighted by atomic mass is 35.5. The van der Waals surface area contributed by atoms with Crippen LogP contribution in [0.15, 0.2) is 73.1 Å². The molecule has 1 aliphatic carbocycles. The fourth-order valence-corrected chi connectivity index (χ4v) is 3.98. The first-order valence-corrected chi connectivity index (χ1v) is 11.1. The van der Waals surface area contributed by atoms with Crippen molar-refractivity contribution in [3.05, 3.63) is 89.3 Å². The predicted octanol–water partition coefficient (Wildman–Crippen LogP) is 5.85. The zero-order valence-electron chi connectivity index (χ0n) is 17.6. The quantitative estimate of drug-likeness (QED) is 0.374. The van der Waals surface area contributed by atoms with E-state index in [9.17, 15) is 0 Å². The summed E-state index contributed by atoms with van der Waals surface area (Å²) in [5.41, 5.74) is 5.18. The third-order valence-electron chi connectivity index (χ3n) is 5.91. The average molecular weight is 426 g/mol. The Balaban J connectivity index is 1.29. The average Bonchev–Trinajstić information content (AvgIpc) is 3.58. The van der Waals surface area contributed by atoms with Crippen LogP contribution in [0.4, 0.5) is 0 Å². The summed E-state index contributed by atoms with van der Waals surface area (Å²) in [5.74, 6) is 6.44. The van der Waals surface area contributed by atoms with E-state index in [1.807, 2.05) is 42.6 Å². The molecule has 0 N–H and O–H groups in total. The van der Waals surface area contributed by atoms with Gasteiger partial charge in [-0.25, -0.2) is 4.98 Å². The fourth-order valence-electron chi connectivity index (χ4n) is 3.85. The second-order valence-corrected chi connectivity index (χ2v) is 8.62. The highest BCUT2D eigenvalue weighted by molar-refractivity contribution is 6.30. The predicted molar refractivity (Wildman–Crippen MR) is 128 cm³/mol. The van der Waals surface area contributed by atoms with Crippen molar-refractivity contribution in [3.8, 4) is 23.0 Å². The molecule has 1 fully saturated rings. The Morgan fingerprint density at radius 1 is 1.00 bits per heavy atom. The normalized spacial score (nSPS) is 13.4. The second-order valence-electron chi connectivity index (χ2n) is 8.18. The molecule has 2 aromatic heterocycles. The van der Waals surface area contributed by atoms with Gasteiger partial charge in [0, 0.05) is 58.6 Å². The largest absolute Gasteiger partial charge is 0.346 e. The van der Waals surface area contributed by atoms with Crippen molar-refractivity contribution in [2.45, 2.75) is 25.4 Å². The number of hydrogen-bond acceptors (Lipinski definition) is 2. The summed E-state index contributed by atoms with van der Waals surface area (Å²) in [6.45, 7) is 2.11. The lowest BCUT2D eigenvalue weighted by Gasteiger charge is -2.16. The van der Waals surface area contributed by atoms with E-state index in [0.29, 0.717) is 0 Å². The molecule has 4 aromatic rings. The van der Waals surface area contributed by atoms with Crippen LogP contribution in [0.2, 0.25) is 5.02 Å². The highest BCUT2D eigenvalue weighted by Crippen LogP contribution is 2.25. The van der Waals surface area contributed by atoms with Gasteiger partial charge in [-0.2, -0.15) is 0 Å². The van der Waals surface area contributed by atoms with Gasteiger partial charge in [-0.15, -0.1) is 0 Å². The maximum absolute atomic E-state index is 5.97. The Labute approximate surface area is 188 Å². The molecule has 0 atom stereocenters. The van der Waals surface area contributed by atoms with Gasteiger partial charge in [-0.1, -0.05) is 35.7 Å². The number of fused-ring (bicyclic) bond motifs is 1. The van der Waals surface area contributed by atoms with E-state index in [0.717, 1.165) is 46.5 Å². The molecule has 154 valence electrons. The number of halogens is 1. The fraction of sp³-hybridized carbons (Fsp3) is 0.222. The van der Waals surface area contributed by atoms with Crippen LogP contribution in [0, 0.1) is 11.8 Å². The van der Waals surface area contributed by atoms with E-state index in [4.69, 9.17) is 11.6 Å². The smallest absolute Gasteiger partial charge is 0.113 e. The summed E-state index contributed by atoms with van der Waals surface area (Å²) in [6.07, 6.45) is 6.74. The number of rotatable bonds is 5. The lowest BCUT2D eigenvalue weighted by molar-refractivity contribution is 0.311. The van der Waals surface area contributed by atoms with E-state index < -0.39 is 0 Å². The Morgan fingerprint density at radius 3 is 2.55 bits per heavy atom. The van der Waals surface area contributed by atoms with Gasteiger partial charge in [0.05, 0.1) is 0 Å². The first kappa shape index (κ1) is 19.9. The SMILES string of the molecule is CN(CCn1ccc2cc(C#Cc3ccc(-c4ccc(Cl)cc4)cn3)ccc21)C1CC1. The zero-order valence-corrected chi connectivity index (χ0v) is 18.3. The third-order valence-corrected chi connectivity index (χ3v) is 6.16. The molecule has 0 spiro atoms. The van der Waals surface area contributed by atoms with Gasteiger partial charge < -0.3 is 9.47 Å². The highest BCUT2D eigenvalue weighted by Gasteiger charge is 2.25. The standard InChI is InChI=1S/C27H24ClN3/c1-30(26-11-12-26)16-17-31-15-14-22-18-20(3-13-27(22)31)2-9-25-10-6-23(19-29-25)21-4-7-24(28)8-5-21/h3-8,10,13-15,18-19,26H,11-12,16-17H2,1H3. The lowest BCUT2D eigenvalue weighted by atomic mass is 10.1. The van der Waals surface area contributed by atoms with Crippen molar-refractivity contribution in [1.29, 1.82) is 0 Å². The minimum Gasteiger partial charge on any atom is -0.346 e. The molecule has 1 saturated carbocycles. The van der Waals surface area contributed by atoms with Crippen LogP contribution in [0.3, 0.4) is 0 Å². The first-order chi connectivity index (χ1) is 15.2. The summed E-state index contributed by atoms with van der Waals surface area (Å²) < 4.78 is 2.34. The topological polar surface area (TPSA) is 21.1 Å². The molecular formula is C27H24ClN3. The van der Waals surface area contributed by atoms with E-state index in [1.165, 1.54) is 23.7 Å². The minimum absolute atomic E-state index is 0.733. The van der Waals surface area contributed by atoms with E-state index >= 15 is 0 Å². The van der Waals surface area contributed by atoms with Gasteiger partial charge in [0.25, 0.3) is 0 Å². The van der Waals surface area contributed by atoms with Crippen molar-refractivity contribution in [2.24, 2.45) is 0 Å². The number of benzene rings is 2. The van der Waals surface area contributed by atoms with Gasteiger partial charge in [0.15, 0.2) is 0 Å². The molecule has 4 heteroatoms. The van der Waals surface area contributed by atoms with Gasteiger partial charge in [0.1, 0.15) is 5.69 Å². The van der Waals surface area contributed by atoms with Crippen LogP contribution in [-0.4, -0.2) is 34.1 Å². The maximum Gasteiger partial charge on any atom is 0.113 e. The van der Waals surface area contributed by atoms with Gasteiger partial charge in [0.2, 0.25) is 0 Å². The number of pyridine rings is 1. The van der Waals surface area contributed by atoms with Crippen LogP contribution in [0.25, 0.3) is 22.0 Å². The molecule has 0 aliphatic heterocycles. The monoisotopic (exact) mass is 425 g/mol. The van der Waals surface area contributed by atoms with Crippen molar-refractivity contribution in [1.82, 2.24) is 14.5 Å². The molecular weight excluding hydrogens is 402 g/mol. The zero-order chi connectivity index (χ0) is 21.2. The molecule has 2 aromatic carbocycles. The summed E-state index contributed by atoms with van der Waals surface area (Å²) >= 11 is 5.97. The summed E-state index contributed by atoms with van der Waals surface area (Å²) in [5, 5.41) is 1.96. The van der Waals surface area contributed by atoms with Crippen molar-refractivity contribution < 1.29 is 0 Å². The lowest BCUT2D eigenvalue weighted by Crippen LogP contribution is -2.25. The molecule has 0 unspecified atom stereocenters. The number of aromatic nitrogens is 2. The molecule has 0 amide bonds. The molecule has 5 rings (SSSR count). The summed E-state index contributed by atoms with van der Waals surface area (Å²) in [7, 11) is 2.23. The van der Waals surface area contributed by atoms with Crippen LogP contribution in [0.5, 0.6) is 0 Å². The second kappa shape index (κ2) is 8.59. The Bertz CT molecular complexity index is 1260. The van der Waals surface area contributed by atoms with Crippen molar-refractivity contribution >= 4 is 22.5 Å². The van der Waals surface area contributed by atoms with E-state index in [2.05, 4.69) is 63.8 Å². The van der Waals surface area contributed by atoms with Crippen molar-refractivity contribution in [3.63, 3.8) is 0 Å². The molecule has 0 saturated heterocycles. The van der Waals surface area contributed by atoms with Gasteiger partial charge >= 0.3 is 0 Å². The maximum atomic E-state index is 5.97. The van der Waals surface area contributed by atoms with Crippen LogP contribution in [0.1, 0.15) is 24.1 Å². The number of hydrogen-bond donors (Lipinski definition) is 0. The first-order valence-electron chi connectivity index (χ1n) is 10.7. The summed E-state index contributed by atoms with van der Waals surface area (Å²) in [6, 6.07) is 21.2. The summed E-state index contributed by atoms with van der Waals surface area (Å²) in [4.78, 5) is 6.97. The Morgan fingerprint density at radius 2 is 1.81 bits per heavy atom. The molecule has 3 nitrogen and oxygen atoms in total.